The molecule has 1 aliphatic rings. The summed E-state index contributed by atoms with van der Waals surface area (Å²) in [6, 6.07) is 0. The monoisotopic (exact) mass is 171 g/mol. The molecule has 3 N–H and O–H groups in total. The Morgan fingerprint density at radius 3 is 3.00 bits per heavy atom. The lowest BCUT2D eigenvalue weighted by Gasteiger charge is -2.22. The van der Waals surface area contributed by atoms with Gasteiger partial charge in [-0.2, -0.15) is 0 Å². The number of hydrogen-bond acceptors (Lipinski definition) is 3. The van der Waals surface area contributed by atoms with Crippen molar-refractivity contribution >= 4 is 5.91 Å². The minimum absolute atomic E-state index is 0.292. The quantitative estimate of drug-likeness (QED) is 0.603. The molecule has 0 bridgehead atoms. The molecule has 0 fully saturated rings. The van der Waals surface area contributed by atoms with Crippen molar-refractivity contribution in [2.45, 2.75) is 18.9 Å². The smallest absolute Gasteiger partial charge is 0.221 e. The lowest BCUT2D eigenvalue weighted by atomic mass is 9.91. The fourth-order valence-corrected chi connectivity index (χ4v) is 1.34. The molecule has 0 saturated heterocycles. The molecule has 4 nitrogen and oxygen atoms in total. The first-order valence-electron chi connectivity index (χ1n) is 3.85. The number of carbonyl (C=O) groups is 1. The zero-order valence-corrected chi connectivity index (χ0v) is 6.99. The maximum absolute atomic E-state index is 10.8. The lowest BCUT2D eigenvalue weighted by Crippen LogP contribution is -2.30. The SMILES string of the molecule is COC1=CC(O)CC(C(N)=O)C1. The van der Waals surface area contributed by atoms with E-state index in [0.29, 0.717) is 18.6 Å². The van der Waals surface area contributed by atoms with E-state index in [4.69, 9.17) is 10.5 Å². The van der Waals surface area contributed by atoms with Gasteiger partial charge in [-0.25, -0.2) is 0 Å². The molecule has 1 rings (SSSR count). The molecule has 0 radical (unpaired) electrons. The van der Waals surface area contributed by atoms with Crippen LogP contribution < -0.4 is 5.73 Å². The average molecular weight is 171 g/mol. The Morgan fingerprint density at radius 2 is 2.50 bits per heavy atom. The number of allylic oxidation sites excluding steroid dienone is 1. The molecule has 1 aliphatic carbocycles. The van der Waals surface area contributed by atoms with Crippen molar-refractivity contribution in [3.8, 4) is 0 Å². The number of carbonyl (C=O) groups excluding carboxylic acids is 1. The summed E-state index contributed by atoms with van der Waals surface area (Å²) in [5.74, 6) is -0.0331. The Balaban J connectivity index is 2.65. The third kappa shape index (κ3) is 1.98. The predicted molar refractivity (Wildman–Crippen MR) is 43.0 cm³/mol. The van der Waals surface area contributed by atoms with Gasteiger partial charge >= 0.3 is 0 Å². The number of primary amides is 1. The van der Waals surface area contributed by atoms with Crippen LogP contribution in [0.2, 0.25) is 0 Å². The number of aliphatic hydroxyl groups is 1. The van der Waals surface area contributed by atoms with Gasteiger partial charge in [-0.1, -0.05) is 0 Å². The number of ether oxygens (including phenoxy) is 1. The maximum Gasteiger partial charge on any atom is 0.221 e. The molecular formula is C8H13NO3. The van der Waals surface area contributed by atoms with Gasteiger partial charge in [0.2, 0.25) is 5.91 Å². The zero-order chi connectivity index (χ0) is 9.14. The standard InChI is InChI=1S/C8H13NO3/c1-12-7-3-5(8(9)11)2-6(10)4-7/h4-6,10H,2-3H2,1H3,(H2,9,11). The maximum atomic E-state index is 10.8. The van der Waals surface area contributed by atoms with Crippen molar-refractivity contribution in [1.29, 1.82) is 0 Å². The van der Waals surface area contributed by atoms with Gasteiger partial charge < -0.3 is 15.6 Å². The van der Waals surface area contributed by atoms with Crippen molar-refractivity contribution < 1.29 is 14.6 Å². The first kappa shape index (κ1) is 9.06. The Kier molecular flexibility index (Phi) is 2.70. The number of nitrogens with two attached hydrogens (primary N) is 1. The van der Waals surface area contributed by atoms with Gasteiger partial charge in [0.25, 0.3) is 0 Å². The molecule has 0 heterocycles. The molecule has 0 aromatic heterocycles. The molecule has 0 aliphatic heterocycles. The van der Waals surface area contributed by atoms with Crippen LogP contribution in [0.15, 0.2) is 11.8 Å². The Hall–Kier alpha value is -1.03. The fraction of sp³-hybridized carbons (Fsp3) is 0.625. The van der Waals surface area contributed by atoms with E-state index < -0.39 is 6.10 Å². The molecule has 0 aromatic carbocycles. The van der Waals surface area contributed by atoms with Crippen molar-refractivity contribution in [3.63, 3.8) is 0 Å². The van der Waals surface area contributed by atoms with Gasteiger partial charge in [-0.05, 0) is 12.5 Å². The molecule has 12 heavy (non-hydrogen) atoms. The summed E-state index contributed by atoms with van der Waals surface area (Å²) < 4.78 is 4.94. The van der Waals surface area contributed by atoms with E-state index in [1.165, 1.54) is 7.11 Å². The molecule has 1 amide bonds. The van der Waals surface area contributed by atoms with Crippen molar-refractivity contribution in [1.82, 2.24) is 0 Å². The van der Waals surface area contributed by atoms with E-state index in [0.717, 1.165) is 0 Å². The normalized spacial score (nSPS) is 29.3. The second kappa shape index (κ2) is 3.58. The zero-order valence-electron chi connectivity index (χ0n) is 6.99. The van der Waals surface area contributed by atoms with E-state index in [1.807, 2.05) is 0 Å². The van der Waals surface area contributed by atoms with Gasteiger partial charge in [0, 0.05) is 12.3 Å². The van der Waals surface area contributed by atoms with Gasteiger partial charge in [0.1, 0.15) is 0 Å². The summed E-state index contributed by atoms with van der Waals surface area (Å²) in [5, 5.41) is 9.27. The number of rotatable bonds is 2. The second-order valence-corrected chi connectivity index (χ2v) is 2.94. The van der Waals surface area contributed by atoms with E-state index in [1.54, 1.807) is 6.08 Å². The summed E-state index contributed by atoms with van der Waals surface area (Å²) in [6.07, 6.45) is 1.91. The van der Waals surface area contributed by atoms with Gasteiger partial charge in [-0.3, -0.25) is 4.79 Å². The minimum Gasteiger partial charge on any atom is -0.501 e. The van der Waals surface area contributed by atoms with Crippen LogP contribution in [-0.4, -0.2) is 24.2 Å². The van der Waals surface area contributed by atoms with Crippen LogP contribution in [0.25, 0.3) is 0 Å². The number of methoxy groups -OCH3 is 1. The second-order valence-electron chi connectivity index (χ2n) is 2.94. The van der Waals surface area contributed by atoms with Crippen LogP contribution >= 0.6 is 0 Å². The van der Waals surface area contributed by atoms with Gasteiger partial charge in [0.05, 0.1) is 19.0 Å². The van der Waals surface area contributed by atoms with Crippen LogP contribution in [0.3, 0.4) is 0 Å². The Morgan fingerprint density at radius 1 is 1.83 bits per heavy atom. The summed E-state index contributed by atoms with van der Waals surface area (Å²) in [7, 11) is 1.52. The lowest BCUT2D eigenvalue weighted by molar-refractivity contribution is -0.123. The Bertz CT molecular complexity index is 212. The molecule has 2 atom stereocenters. The minimum atomic E-state index is -0.605. The van der Waals surface area contributed by atoms with Crippen LogP contribution in [0, 0.1) is 5.92 Å². The summed E-state index contributed by atoms with van der Waals surface area (Å²) >= 11 is 0. The van der Waals surface area contributed by atoms with Crippen LogP contribution in [-0.2, 0) is 9.53 Å². The fourth-order valence-electron chi connectivity index (χ4n) is 1.34. The number of aliphatic hydroxyl groups excluding tert-OH is 1. The highest BCUT2D eigenvalue weighted by Gasteiger charge is 2.25. The van der Waals surface area contributed by atoms with Crippen LogP contribution in [0.5, 0.6) is 0 Å². The molecule has 68 valence electrons. The number of hydrogen-bond donors (Lipinski definition) is 2. The van der Waals surface area contributed by atoms with Crippen molar-refractivity contribution in [2.24, 2.45) is 11.7 Å². The molecule has 0 spiro atoms. The number of amides is 1. The molecule has 0 saturated carbocycles. The summed E-state index contributed by atoms with van der Waals surface area (Å²) in [6.45, 7) is 0. The van der Waals surface area contributed by atoms with Crippen molar-refractivity contribution in [2.75, 3.05) is 7.11 Å². The largest absolute Gasteiger partial charge is 0.501 e. The van der Waals surface area contributed by atoms with Gasteiger partial charge in [-0.15, -0.1) is 0 Å². The van der Waals surface area contributed by atoms with Crippen molar-refractivity contribution in [3.05, 3.63) is 11.8 Å². The third-order valence-corrected chi connectivity index (χ3v) is 2.02. The Labute approximate surface area is 71.0 Å². The highest BCUT2D eigenvalue weighted by molar-refractivity contribution is 5.77. The first-order valence-corrected chi connectivity index (χ1v) is 3.85. The molecule has 4 heteroatoms. The predicted octanol–water partition coefficient (Wildman–Crippen LogP) is -0.227. The topological polar surface area (TPSA) is 72.6 Å². The first-order chi connectivity index (χ1) is 5.63. The molecular weight excluding hydrogens is 158 g/mol. The van der Waals surface area contributed by atoms with Crippen LogP contribution in [0.4, 0.5) is 0 Å². The highest BCUT2D eigenvalue weighted by Crippen LogP contribution is 2.24. The molecule has 0 aromatic rings. The molecule has 2 unspecified atom stereocenters. The summed E-state index contributed by atoms with van der Waals surface area (Å²) in [4.78, 5) is 10.8. The van der Waals surface area contributed by atoms with E-state index in [2.05, 4.69) is 0 Å². The summed E-state index contributed by atoms with van der Waals surface area (Å²) in [5.41, 5.74) is 5.11. The van der Waals surface area contributed by atoms with E-state index in [9.17, 15) is 9.90 Å². The van der Waals surface area contributed by atoms with Gasteiger partial charge in [0.15, 0.2) is 0 Å². The third-order valence-electron chi connectivity index (χ3n) is 2.02. The van der Waals surface area contributed by atoms with Crippen LogP contribution in [0.1, 0.15) is 12.8 Å². The van der Waals surface area contributed by atoms with E-state index in [-0.39, 0.29) is 11.8 Å². The average Bonchev–Trinajstić information content (AvgIpc) is 2.03. The van der Waals surface area contributed by atoms with E-state index >= 15 is 0 Å². The highest BCUT2D eigenvalue weighted by atomic mass is 16.5.